The topological polar surface area (TPSA) is 61.4 Å². The highest BCUT2D eigenvalue weighted by atomic mass is 19.4. The molecule has 2 rings (SSSR count). The normalized spacial score (nSPS) is 19.3. The van der Waals surface area contributed by atoms with E-state index in [1.54, 1.807) is 11.0 Å². The maximum atomic E-state index is 12.8. The molecule has 0 aliphatic carbocycles. The average molecular weight is 329 g/mol. The second-order valence-electron chi connectivity index (χ2n) is 5.35. The Balaban J connectivity index is 2.16. The molecule has 1 unspecified atom stereocenters. The lowest BCUT2D eigenvalue weighted by Gasteiger charge is -2.34. The zero-order chi connectivity index (χ0) is 17.0. The number of alkyl halides is 3. The summed E-state index contributed by atoms with van der Waals surface area (Å²) in [6, 6.07) is 4.32. The second kappa shape index (κ2) is 6.99. The van der Waals surface area contributed by atoms with Gasteiger partial charge in [-0.2, -0.15) is 13.2 Å². The van der Waals surface area contributed by atoms with Gasteiger partial charge in [-0.15, -0.1) is 0 Å². The molecule has 0 bridgehead atoms. The van der Waals surface area contributed by atoms with Crippen molar-refractivity contribution in [2.75, 3.05) is 20.1 Å². The van der Waals surface area contributed by atoms with Gasteiger partial charge >= 0.3 is 6.18 Å². The molecule has 1 aliphatic heterocycles. The van der Waals surface area contributed by atoms with Crippen molar-refractivity contribution in [2.45, 2.75) is 25.2 Å². The van der Waals surface area contributed by atoms with E-state index in [0.717, 1.165) is 12.1 Å². The van der Waals surface area contributed by atoms with Gasteiger partial charge in [-0.05, 0) is 11.6 Å². The third kappa shape index (κ3) is 4.44. The molecular formula is C15H18F3N3O2. The minimum Gasteiger partial charge on any atom is -0.359 e. The van der Waals surface area contributed by atoms with Gasteiger partial charge in [0.2, 0.25) is 11.8 Å². The number of rotatable bonds is 4. The predicted molar refractivity (Wildman–Crippen MR) is 77.3 cm³/mol. The first-order valence-corrected chi connectivity index (χ1v) is 7.19. The maximum Gasteiger partial charge on any atom is 0.416 e. The molecule has 0 saturated carbocycles. The van der Waals surface area contributed by atoms with Crippen molar-refractivity contribution in [1.29, 1.82) is 0 Å². The molecule has 5 nitrogen and oxygen atoms in total. The standard InChI is InChI=1S/C15H18F3N3O2/c1-19-13(22)8-12-14(23)20-5-6-21(12)9-10-3-2-4-11(7-10)15(16,17)18/h2-4,7,12H,5-6,8-9H2,1H3,(H,19,22)(H,20,23). The maximum absolute atomic E-state index is 12.8. The van der Waals surface area contributed by atoms with Crippen molar-refractivity contribution in [1.82, 2.24) is 15.5 Å². The minimum absolute atomic E-state index is 0.0265. The van der Waals surface area contributed by atoms with Crippen molar-refractivity contribution < 1.29 is 22.8 Å². The van der Waals surface area contributed by atoms with Crippen LogP contribution in [0, 0.1) is 0 Å². The summed E-state index contributed by atoms with van der Waals surface area (Å²) >= 11 is 0. The number of halogens is 3. The molecule has 126 valence electrons. The van der Waals surface area contributed by atoms with Crippen molar-refractivity contribution in [3.05, 3.63) is 35.4 Å². The fourth-order valence-corrected chi connectivity index (χ4v) is 2.53. The Hall–Kier alpha value is -2.09. The molecule has 1 aromatic rings. The van der Waals surface area contributed by atoms with Crippen LogP contribution in [0.2, 0.25) is 0 Å². The Kier molecular flexibility index (Phi) is 5.25. The Morgan fingerprint density at radius 3 is 2.83 bits per heavy atom. The zero-order valence-electron chi connectivity index (χ0n) is 12.6. The van der Waals surface area contributed by atoms with E-state index in [-0.39, 0.29) is 24.8 Å². The highest BCUT2D eigenvalue weighted by Gasteiger charge is 2.33. The van der Waals surface area contributed by atoms with Crippen LogP contribution in [0.25, 0.3) is 0 Å². The minimum atomic E-state index is -4.41. The number of carbonyl (C=O) groups is 2. The lowest BCUT2D eigenvalue weighted by molar-refractivity contribution is -0.137. The molecule has 1 aliphatic rings. The first-order valence-electron chi connectivity index (χ1n) is 7.19. The molecule has 23 heavy (non-hydrogen) atoms. The molecule has 2 amide bonds. The van der Waals surface area contributed by atoms with Gasteiger partial charge in [0.1, 0.15) is 0 Å². The third-order valence-electron chi connectivity index (χ3n) is 3.74. The molecule has 1 aromatic carbocycles. The van der Waals surface area contributed by atoms with Crippen LogP contribution in [-0.2, 0) is 22.3 Å². The van der Waals surface area contributed by atoms with Crippen molar-refractivity contribution in [3.8, 4) is 0 Å². The molecule has 0 spiro atoms. The number of benzene rings is 1. The summed E-state index contributed by atoms with van der Waals surface area (Å²) < 4.78 is 38.3. The van der Waals surface area contributed by atoms with Gasteiger partial charge < -0.3 is 10.6 Å². The number of carbonyl (C=O) groups excluding carboxylic acids is 2. The summed E-state index contributed by atoms with van der Waals surface area (Å²) in [6.45, 7) is 1.06. The lowest BCUT2D eigenvalue weighted by Crippen LogP contribution is -2.56. The van der Waals surface area contributed by atoms with Crippen LogP contribution in [0.1, 0.15) is 17.5 Å². The van der Waals surface area contributed by atoms with Crippen LogP contribution in [0.3, 0.4) is 0 Å². The van der Waals surface area contributed by atoms with Crippen LogP contribution in [0.4, 0.5) is 13.2 Å². The van der Waals surface area contributed by atoms with Crippen molar-refractivity contribution in [3.63, 3.8) is 0 Å². The molecular weight excluding hydrogens is 311 g/mol. The van der Waals surface area contributed by atoms with Gasteiger partial charge in [0.15, 0.2) is 0 Å². The van der Waals surface area contributed by atoms with Crippen molar-refractivity contribution >= 4 is 11.8 Å². The largest absolute Gasteiger partial charge is 0.416 e. The van der Waals surface area contributed by atoms with E-state index in [0.29, 0.717) is 18.7 Å². The van der Waals surface area contributed by atoms with Crippen LogP contribution in [0.15, 0.2) is 24.3 Å². The van der Waals surface area contributed by atoms with E-state index in [2.05, 4.69) is 10.6 Å². The molecule has 2 N–H and O–H groups in total. The predicted octanol–water partition coefficient (Wildman–Crippen LogP) is 1.14. The van der Waals surface area contributed by atoms with Gasteiger partial charge in [0.05, 0.1) is 18.0 Å². The molecule has 0 aromatic heterocycles. The molecule has 1 heterocycles. The SMILES string of the molecule is CNC(=O)CC1C(=O)NCCN1Cc1cccc(C(F)(F)F)c1. The van der Waals surface area contributed by atoms with Crippen LogP contribution in [0.5, 0.6) is 0 Å². The quantitative estimate of drug-likeness (QED) is 0.871. The van der Waals surface area contributed by atoms with E-state index in [1.165, 1.54) is 13.1 Å². The first kappa shape index (κ1) is 17.3. The molecule has 1 fully saturated rings. The molecule has 1 saturated heterocycles. The van der Waals surface area contributed by atoms with E-state index in [9.17, 15) is 22.8 Å². The summed E-state index contributed by atoms with van der Waals surface area (Å²) in [5.41, 5.74) is -0.268. The van der Waals surface area contributed by atoms with Crippen LogP contribution in [-0.4, -0.2) is 42.9 Å². The van der Waals surface area contributed by atoms with Gasteiger partial charge in [-0.25, -0.2) is 0 Å². The van der Waals surface area contributed by atoms with Crippen molar-refractivity contribution in [2.24, 2.45) is 0 Å². The van der Waals surface area contributed by atoms with Gasteiger partial charge in [-0.1, -0.05) is 18.2 Å². The highest BCUT2D eigenvalue weighted by molar-refractivity contribution is 5.88. The van der Waals surface area contributed by atoms with Gasteiger partial charge in [-0.3, -0.25) is 14.5 Å². The number of hydrogen-bond acceptors (Lipinski definition) is 3. The number of hydrogen-bond donors (Lipinski definition) is 2. The Bertz CT molecular complexity index is 590. The monoisotopic (exact) mass is 329 g/mol. The van der Waals surface area contributed by atoms with E-state index >= 15 is 0 Å². The molecule has 1 atom stereocenters. The Morgan fingerprint density at radius 1 is 1.43 bits per heavy atom. The summed E-state index contributed by atoms with van der Waals surface area (Å²) in [4.78, 5) is 25.2. The third-order valence-corrected chi connectivity index (χ3v) is 3.74. The number of piperazine rings is 1. The molecule has 0 radical (unpaired) electrons. The average Bonchev–Trinajstić information content (AvgIpc) is 2.50. The summed E-state index contributed by atoms with van der Waals surface area (Å²) in [5.74, 6) is -0.576. The number of nitrogens with zero attached hydrogens (tertiary/aromatic N) is 1. The first-order chi connectivity index (χ1) is 10.8. The summed E-state index contributed by atoms with van der Waals surface area (Å²) in [6.07, 6.45) is -4.43. The summed E-state index contributed by atoms with van der Waals surface area (Å²) in [5, 5.41) is 5.12. The van der Waals surface area contributed by atoms with Crippen LogP contribution < -0.4 is 10.6 Å². The number of amides is 2. The van der Waals surface area contributed by atoms with Gasteiger partial charge in [0, 0.05) is 26.7 Å². The van der Waals surface area contributed by atoms with E-state index < -0.39 is 17.8 Å². The van der Waals surface area contributed by atoms with E-state index in [1.807, 2.05) is 0 Å². The fraction of sp³-hybridized carbons (Fsp3) is 0.467. The smallest absolute Gasteiger partial charge is 0.359 e. The Labute approximate surface area is 131 Å². The van der Waals surface area contributed by atoms with E-state index in [4.69, 9.17) is 0 Å². The fourth-order valence-electron chi connectivity index (χ4n) is 2.53. The molecule has 8 heteroatoms. The van der Waals surface area contributed by atoms with Crippen LogP contribution >= 0.6 is 0 Å². The highest BCUT2D eigenvalue weighted by Crippen LogP contribution is 2.30. The second-order valence-corrected chi connectivity index (χ2v) is 5.35. The zero-order valence-corrected chi connectivity index (χ0v) is 12.6. The Morgan fingerprint density at radius 2 is 2.17 bits per heavy atom. The summed E-state index contributed by atoms with van der Waals surface area (Å²) in [7, 11) is 1.47. The lowest BCUT2D eigenvalue weighted by atomic mass is 10.1. The van der Waals surface area contributed by atoms with Gasteiger partial charge in [0.25, 0.3) is 0 Å². The number of nitrogens with one attached hydrogen (secondary N) is 2.